The molecule has 0 saturated heterocycles. The average molecular weight is 416 g/mol. The quantitative estimate of drug-likeness (QED) is 0.514. The van der Waals surface area contributed by atoms with Crippen LogP contribution in [0, 0.1) is 0 Å². The van der Waals surface area contributed by atoms with Crippen molar-refractivity contribution in [1.82, 2.24) is 4.90 Å². The van der Waals surface area contributed by atoms with Crippen molar-refractivity contribution in [3.8, 4) is 0 Å². The van der Waals surface area contributed by atoms with Gasteiger partial charge in [0.05, 0.1) is 28.3 Å². The van der Waals surface area contributed by atoms with Gasteiger partial charge in [-0.2, -0.15) is 0 Å². The highest BCUT2D eigenvalue weighted by Gasteiger charge is 2.36. The van der Waals surface area contributed by atoms with E-state index >= 15 is 0 Å². The van der Waals surface area contributed by atoms with Crippen molar-refractivity contribution in [2.24, 2.45) is 0 Å². The maximum atomic E-state index is 13.1. The van der Waals surface area contributed by atoms with E-state index < -0.39 is 5.97 Å². The van der Waals surface area contributed by atoms with Crippen LogP contribution in [0.2, 0.25) is 10.0 Å². The van der Waals surface area contributed by atoms with Crippen LogP contribution in [-0.2, 0) is 20.7 Å². The summed E-state index contributed by atoms with van der Waals surface area (Å²) in [6.45, 7) is 2.22. The molecule has 0 saturated carbocycles. The molecule has 2 aromatic rings. The van der Waals surface area contributed by atoms with Gasteiger partial charge >= 0.3 is 5.97 Å². The molecule has 1 heterocycles. The van der Waals surface area contributed by atoms with Crippen LogP contribution in [0.5, 0.6) is 0 Å². The Morgan fingerprint density at radius 3 is 2.46 bits per heavy atom. The lowest BCUT2D eigenvalue weighted by Gasteiger charge is -2.17. The molecule has 1 aliphatic rings. The lowest BCUT2D eigenvalue weighted by atomic mass is 10.0. The number of allylic oxidation sites excluding steroid dienone is 1. The summed E-state index contributed by atoms with van der Waals surface area (Å²) in [5.74, 6) is -0.778. The normalized spacial score (nSPS) is 15.5. The number of methoxy groups -OCH3 is 1. The Bertz CT molecular complexity index is 981. The Morgan fingerprint density at radius 2 is 1.82 bits per heavy atom. The number of amides is 1. The highest BCUT2D eigenvalue weighted by atomic mass is 35.5. The number of halogens is 2. The van der Waals surface area contributed by atoms with Gasteiger partial charge in [0.1, 0.15) is 0 Å². The third-order valence-electron chi connectivity index (χ3n) is 4.62. The number of ether oxygens (including phenoxy) is 1. The Labute approximate surface area is 174 Å². The van der Waals surface area contributed by atoms with Gasteiger partial charge in [-0.3, -0.25) is 4.79 Å². The molecule has 144 valence electrons. The zero-order valence-corrected chi connectivity index (χ0v) is 17.1. The van der Waals surface area contributed by atoms with E-state index in [1.807, 2.05) is 30.3 Å². The first-order chi connectivity index (χ1) is 13.4. The maximum Gasteiger partial charge on any atom is 0.340 e. The maximum absolute atomic E-state index is 13.1. The van der Waals surface area contributed by atoms with Crippen LogP contribution in [0.3, 0.4) is 0 Å². The van der Waals surface area contributed by atoms with E-state index in [2.05, 4.69) is 0 Å². The standard InChI is InChI=1S/C22H19Cl2NO3/c1-14-20(22(27)28-2)17(12-16-8-9-18(23)19(24)13-16)21(26)25(14)11-10-15-6-4-3-5-7-15/h3-9,12-13H,10-11H2,1-2H3/b17-12-. The fraction of sp³-hybridized carbons (Fsp3) is 0.182. The number of nitrogens with zero attached hydrogens (tertiary/aromatic N) is 1. The van der Waals surface area contributed by atoms with Crippen LogP contribution in [0.15, 0.2) is 65.4 Å². The fourth-order valence-electron chi connectivity index (χ4n) is 3.15. The summed E-state index contributed by atoms with van der Waals surface area (Å²) in [6, 6.07) is 14.9. The minimum absolute atomic E-state index is 0.236. The minimum atomic E-state index is -0.542. The van der Waals surface area contributed by atoms with Crippen molar-refractivity contribution in [1.29, 1.82) is 0 Å². The van der Waals surface area contributed by atoms with E-state index in [9.17, 15) is 9.59 Å². The van der Waals surface area contributed by atoms with E-state index in [0.717, 1.165) is 5.56 Å². The molecule has 2 aromatic carbocycles. The molecule has 1 aliphatic heterocycles. The van der Waals surface area contributed by atoms with Crippen LogP contribution in [0.25, 0.3) is 6.08 Å². The molecule has 0 N–H and O–H groups in total. The zero-order chi connectivity index (χ0) is 20.3. The summed E-state index contributed by atoms with van der Waals surface area (Å²) in [5, 5.41) is 0.800. The highest BCUT2D eigenvalue weighted by molar-refractivity contribution is 6.42. The van der Waals surface area contributed by atoms with Gasteiger partial charge in [-0.15, -0.1) is 0 Å². The van der Waals surface area contributed by atoms with Gasteiger partial charge in [0.15, 0.2) is 0 Å². The number of carbonyl (C=O) groups is 2. The molecular weight excluding hydrogens is 397 g/mol. The van der Waals surface area contributed by atoms with Gasteiger partial charge in [0.2, 0.25) is 0 Å². The Balaban J connectivity index is 1.95. The second-order valence-corrected chi connectivity index (χ2v) is 7.19. The van der Waals surface area contributed by atoms with Gasteiger partial charge in [0, 0.05) is 12.2 Å². The first-order valence-corrected chi connectivity index (χ1v) is 9.50. The van der Waals surface area contributed by atoms with Gasteiger partial charge in [-0.1, -0.05) is 59.6 Å². The van der Waals surface area contributed by atoms with E-state index in [0.29, 0.717) is 34.3 Å². The summed E-state index contributed by atoms with van der Waals surface area (Å²) in [7, 11) is 1.30. The van der Waals surface area contributed by atoms with Crippen molar-refractivity contribution in [3.63, 3.8) is 0 Å². The Kier molecular flexibility index (Phi) is 6.22. The van der Waals surface area contributed by atoms with Crippen LogP contribution in [0.1, 0.15) is 18.1 Å². The molecule has 28 heavy (non-hydrogen) atoms. The molecule has 0 atom stereocenters. The van der Waals surface area contributed by atoms with E-state index in [1.54, 1.807) is 36.1 Å². The molecular formula is C22H19Cl2NO3. The molecule has 1 amide bonds. The molecule has 0 aromatic heterocycles. The van der Waals surface area contributed by atoms with Crippen molar-refractivity contribution in [2.75, 3.05) is 13.7 Å². The number of hydrogen-bond acceptors (Lipinski definition) is 3. The molecule has 0 bridgehead atoms. The second kappa shape index (κ2) is 8.63. The van der Waals surface area contributed by atoms with Crippen molar-refractivity contribution in [2.45, 2.75) is 13.3 Å². The highest BCUT2D eigenvalue weighted by Crippen LogP contribution is 2.32. The largest absolute Gasteiger partial charge is 0.465 e. The van der Waals surface area contributed by atoms with E-state index in [4.69, 9.17) is 27.9 Å². The third kappa shape index (κ3) is 4.13. The first-order valence-electron chi connectivity index (χ1n) is 8.74. The van der Waals surface area contributed by atoms with Crippen molar-refractivity contribution >= 4 is 41.2 Å². The summed E-state index contributed by atoms with van der Waals surface area (Å²) >= 11 is 12.0. The summed E-state index contributed by atoms with van der Waals surface area (Å²) in [4.78, 5) is 27.1. The number of esters is 1. The van der Waals surface area contributed by atoms with E-state index in [1.165, 1.54) is 7.11 Å². The number of hydrogen-bond donors (Lipinski definition) is 0. The Morgan fingerprint density at radius 1 is 1.11 bits per heavy atom. The smallest absolute Gasteiger partial charge is 0.340 e. The third-order valence-corrected chi connectivity index (χ3v) is 5.36. The molecule has 0 fully saturated rings. The van der Waals surface area contributed by atoms with Crippen molar-refractivity contribution < 1.29 is 14.3 Å². The van der Waals surface area contributed by atoms with Gasteiger partial charge < -0.3 is 9.64 Å². The Hall–Kier alpha value is -2.56. The second-order valence-electron chi connectivity index (χ2n) is 6.38. The van der Waals surface area contributed by atoms with Crippen LogP contribution < -0.4 is 0 Å². The predicted molar refractivity (Wildman–Crippen MR) is 111 cm³/mol. The molecule has 0 spiro atoms. The number of benzene rings is 2. The molecule has 0 radical (unpaired) electrons. The van der Waals surface area contributed by atoms with Crippen molar-refractivity contribution in [3.05, 3.63) is 86.5 Å². The SMILES string of the molecule is COC(=O)C1=C(C)N(CCc2ccccc2)C(=O)/C1=C\c1ccc(Cl)c(Cl)c1. The first kappa shape index (κ1) is 20.2. The van der Waals surface area contributed by atoms with Crippen LogP contribution >= 0.6 is 23.2 Å². The topological polar surface area (TPSA) is 46.6 Å². The molecule has 6 heteroatoms. The van der Waals surface area contributed by atoms with Gasteiger partial charge in [-0.05, 0) is 42.7 Å². The molecule has 3 rings (SSSR count). The molecule has 0 aliphatic carbocycles. The summed E-state index contributed by atoms with van der Waals surface area (Å²) in [6.07, 6.45) is 2.32. The van der Waals surface area contributed by atoms with Crippen LogP contribution in [0.4, 0.5) is 0 Å². The minimum Gasteiger partial charge on any atom is -0.465 e. The molecule has 4 nitrogen and oxygen atoms in total. The summed E-state index contributed by atoms with van der Waals surface area (Å²) < 4.78 is 4.91. The number of carbonyl (C=O) groups excluding carboxylic acids is 2. The van der Waals surface area contributed by atoms with Gasteiger partial charge in [-0.25, -0.2) is 4.79 Å². The van der Waals surface area contributed by atoms with E-state index in [-0.39, 0.29) is 17.1 Å². The predicted octanol–water partition coefficient (Wildman–Crippen LogP) is 4.91. The monoisotopic (exact) mass is 415 g/mol. The average Bonchev–Trinajstić information content (AvgIpc) is 2.93. The fourth-order valence-corrected chi connectivity index (χ4v) is 3.46. The molecule has 0 unspecified atom stereocenters. The lowest BCUT2D eigenvalue weighted by Crippen LogP contribution is -2.27. The summed E-state index contributed by atoms with van der Waals surface area (Å²) in [5.41, 5.74) is 2.93. The number of rotatable bonds is 5. The lowest BCUT2D eigenvalue weighted by molar-refractivity contribution is -0.136. The van der Waals surface area contributed by atoms with Gasteiger partial charge in [0.25, 0.3) is 5.91 Å². The zero-order valence-electron chi connectivity index (χ0n) is 15.5. The van der Waals surface area contributed by atoms with Crippen LogP contribution in [-0.4, -0.2) is 30.4 Å².